The molecule has 1 saturated heterocycles. The molecule has 0 aliphatic carbocycles. The molecule has 30 heavy (non-hydrogen) atoms. The van der Waals surface area contributed by atoms with E-state index in [9.17, 15) is 9.59 Å². The number of hydrogen-bond donors (Lipinski definition) is 1. The zero-order valence-electron chi connectivity index (χ0n) is 17.0. The van der Waals surface area contributed by atoms with Crippen LogP contribution in [0.3, 0.4) is 0 Å². The monoisotopic (exact) mass is 402 g/mol. The number of carbonyl (C=O) groups is 2. The molecule has 154 valence electrons. The SMILES string of the molecule is O=C(NCCC(=O)N1CCN(Cc2ccncc2)CC1)c1ccc2ccccc2c1. The lowest BCUT2D eigenvalue weighted by Gasteiger charge is -2.34. The first-order chi connectivity index (χ1) is 14.7. The van der Waals surface area contributed by atoms with Crippen LogP contribution in [0, 0.1) is 0 Å². The van der Waals surface area contributed by atoms with Crippen molar-refractivity contribution in [3.05, 3.63) is 78.1 Å². The molecule has 1 aliphatic rings. The van der Waals surface area contributed by atoms with Crippen LogP contribution in [0.15, 0.2) is 67.0 Å². The molecule has 0 bridgehead atoms. The number of nitrogens with zero attached hydrogens (tertiary/aromatic N) is 3. The van der Waals surface area contributed by atoms with Crippen LogP contribution in [0.5, 0.6) is 0 Å². The minimum absolute atomic E-state index is 0.0948. The number of fused-ring (bicyclic) bond motifs is 1. The van der Waals surface area contributed by atoms with Gasteiger partial charge in [-0.25, -0.2) is 0 Å². The number of piperazine rings is 1. The molecule has 0 saturated carbocycles. The fourth-order valence-corrected chi connectivity index (χ4v) is 3.78. The smallest absolute Gasteiger partial charge is 0.251 e. The fraction of sp³-hybridized carbons (Fsp3) is 0.292. The molecule has 4 rings (SSSR count). The maximum absolute atomic E-state index is 12.5. The number of rotatable bonds is 6. The summed E-state index contributed by atoms with van der Waals surface area (Å²) in [5, 5.41) is 5.01. The molecule has 1 aliphatic heterocycles. The summed E-state index contributed by atoms with van der Waals surface area (Å²) in [5.41, 5.74) is 1.85. The van der Waals surface area contributed by atoms with Gasteiger partial charge in [-0.15, -0.1) is 0 Å². The van der Waals surface area contributed by atoms with Gasteiger partial charge in [-0.05, 0) is 40.6 Å². The lowest BCUT2D eigenvalue weighted by Crippen LogP contribution is -2.48. The van der Waals surface area contributed by atoms with Gasteiger partial charge in [-0.3, -0.25) is 19.5 Å². The highest BCUT2D eigenvalue weighted by Crippen LogP contribution is 2.15. The van der Waals surface area contributed by atoms with Crippen molar-refractivity contribution >= 4 is 22.6 Å². The summed E-state index contributed by atoms with van der Waals surface area (Å²) in [7, 11) is 0. The lowest BCUT2D eigenvalue weighted by atomic mass is 10.1. The first-order valence-electron chi connectivity index (χ1n) is 10.3. The Morgan fingerprint density at radius 3 is 2.40 bits per heavy atom. The van der Waals surface area contributed by atoms with Crippen LogP contribution in [-0.4, -0.2) is 59.3 Å². The normalized spacial score (nSPS) is 14.6. The van der Waals surface area contributed by atoms with Crippen molar-refractivity contribution in [1.29, 1.82) is 0 Å². The number of hydrogen-bond acceptors (Lipinski definition) is 4. The van der Waals surface area contributed by atoms with E-state index in [1.54, 1.807) is 12.4 Å². The second kappa shape index (κ2) is 9.50. The second-order valence-corrected chi connectivity index (χ2v) is 7.58. The van der Waals surface area contributed by atoms with E-state index < -0.39 is 0 Å². The summed E-state index contributed by atoms with van der Waals surface area (Å²) in [5.74, 6) is -0.0481. The molecule has 1 N–H and O–H groups in total. The zero-order chi connectivity index (χ0) is 20.8. The molecule has 0 radical (unpaired) electrons. The molecule has 0 unspecified atom stereocenters. The molecular formula is C24H26N4O2. The Bertz CT molecular complexity index is 1010. The number of aromatic nitrogens is 1. The highest BCUT2D eigenvalue weighted by Gasteiger charge is 2.21. The van der Waals surface area contributed by atoms with Crippen molar-refractivity contribution in [2.45, 2.75) is 13.0 Å². The van der Waals surface area contributed by atoms with Crippen LogP contribution in [0.1, 0.15) is 22.3 Å². The van der Waals surface area contributed by atoms with Crippen molar-refractivity contribution in [3.63, 3.8) is 0 Å². The Labute approximate surface area is 176 Å². The van der Waals surface area contributed by atoms with E-state index in [-0.39, 0.29) is 11.8 Å². The number of pyridine rings is 1. The molecule has 0 spiro atoms. The van der Waals surface area contributed by atoms with Crippen LogP contribution >= 0.6 is 0 Å². The molecule has 2 amide bonds. The standard InChI is InChI=1S/C24H26N4O2/c29-23(28-15-13-27(14-16-28)18-19-7-10-25-11-8-19)9-12-26-24(30)22-6-5-20-3-1-2-4-21(20)17-22/h1-8,10-11,17H,9,12-16,18H2,(H,26,30). The second-order valence-electron chi connectivity index (χ2n) is 7.58. The van der Waals surface area contributed by atoms with Gasteiger partial charge < -0.3 is 10.2 Å². The van der Waals surface area contributed by atoms with E-state index in [0.717, 1.165) is 43.5 Å². The first-order valence-corrected chi connectivity index (χ1v) is 10.3. The topological polar surface area (TPSA) is 65.5 Å². The molecule has 6 nitrogen and oxygen atoms in total. The Hall–Kier alpha value is -3.25. The van der Waals surface area contributed by atoms with Crippen LogP contribution in [0.25, 0.3) is 10.8 Å². The molecule has 3 aromatic rings. The van der Waals surface area contributed by atoms with E-state index in [1.165, 1.54) is 5.56 Å². The maximum Gasteiger partial charge on any atom is 0.251 e. The Morgan fingerprint density at radius 2 is 1.63 bits per heavy atom. The molecule has 2 heterocycles. The van der Waals surface area contributed by atoms with Gasteiger partial charge in [0, 0.05) is 63.6 Å². The Morgan fingerprint density at radius 1 is 0.900 bits per heavy atom. The van der Waals surface area contributed by atoms with Crippen LogP contribution in [0.2, 0.25) is 0 Å². The highest BCUT2D eigenvalue weighted by molar-refractivity contribution is 5.98. The van der Waals surface area contributed by atoms with Gasteiger partial charge in [0.05, 0.1) is 0 Å². The third-order valence-electron chi connectivity index (χ3n) is 5.52. The third-order valence-corrected chi connectivity index (χ3v) is 5.52. The summed E-state index contributed by atoms with van der Waals surface area (Å²) in [6.45, 7) is 4.40. The summed E-state index contributed by atoms with van der Waals surface area (Å²) in [4.78, 5) is 33.2. The van der Waals surface area contributed by atoms with Gasteiger partial charge in [0.2, 0.25) is 5.91 Å². The predicted octanol–water partition coefficient (Wildman–Crippen LogP) is 2.70. The molecule has 1 fully saturated rings. The van der Waals surface area contributed by atoms with Crippen molar-refractivity contribution < 1.29 is 9.59 Å². The van der Waals surface area contributed by atoms with Crippen LogP contribution in [0.4, 0.5) is 0 Å². The van der Waals surface area contributed by atoms with Gasteiger partial charge in [-0.1, -0.05) is 30.3 Å². The fourth-order valence-electron chi connectivity index (χ4n) is 3.78. The van der Waals surface area contributed by atoms with Gasteiger partial charge >= 0.3 is 0 Å². The number of nitrogens with one attached hydrogen (secondary N) is 1. The van der Waals surface area contributed by atoms with E-state index in [2.05, 4.69) is 15.2 Å². The van der Waals surface area contributed by atoms with Crippen molar-refractivity contribution in [2.75, 3.05) is 32.7 Å². The maximum atomic E-state index is 12.5. The molecule has 2 aromatic carbocycles. The average molecular weight is 402 g/mol. The van der Waals surface area contributed by atoms with Crippen LogP contribution < -0.4 is 5.32 Å². The van der Waals surface area contributed by atoms with E-state index >= 15 is 0 Å². The summed E-state index contributed by atoms with van der Waals surface area (Å²) in [6, 6.07) is 17.6. The van der Waals surface area contributed by atoms with E-state index in [1.807, 2.05) is 59.5 Å². The van der Waals surface area contributed by atoms with Crippen molar-refractivity contribution in [3.8, 4) is 0 Å². The van der Waals surface area contributed by atoms with Gasteiger partial charge in [-0.2, -0.15) is 0 Å². The largest absolute Gasteiger partial charge is 0.352 e. The van der Waals surface area contributed by atoms with Gasteiger partial charge in [0.15, 0.2) is 0 Å². The van der Waals surface area contributed by atoms with E-state index in [0.29, 0.717) is 18.5 Å². The minimum atomic E-state index is -0.143. The number of amides is 2. The Balaban J connectivity index is 1.20. The molecule has 0 atom stereocenters. The van der Waals surface area contributed by atoms with E-state index in [4.69, 9.17) is 0 Å². The van der Waals surface area contributed by atoms with Crippen LogP contribution in [-0.2, 0) is 11.3 Å². The lowest BCUT2D eigenvalue weighted by molar-refractivity contribution is -0.132. The molecule has 6 heteroatoms. The molecule has 1 aromatic heterocycles. The Kier molecular flexibility index (Phi) is 6.35. The predicted molar refractivity (Wildman–Crippen MR) is 117 cm³/mol. The highest BCUT2D eigenvalue weighted by atomic mass is 16.2. The van der Waals surface area contributed by atoms with Gasteiger partial charge in [0.25, 0.3) is 5.91 Å². The summed E-state index contributed by atoms with van der Waals surface area (Å²) in [6.07, 6.45) is 3.94. The number of carbonyl (C=O) groups excluding carboxylic acids is 2. The van der Waals surface area contributed by atoms with Crippen molar-refractivity contribution in [1.82, 2.24) is 20.1 Å². The average Bonchev–Trinajstić information content (AvgIpc) is 2.79. The molecular weight excluding hydrogens is 376 g/mol. The first kappa shape index (κ1) is 20.0. The zero-order valence-corrected chi connectivity index (χ0v) is 17.0. The summed E-state index contributed by atoms with van der Waals surface area (Å²) >= 11 is 0. The van der Waals surface area contributed by atoms with Crippen molar-refractivity contribution in [2.24, 2.45) is 0 Å². The summed E-state index contributed by atoms with van der Waals surface area (Å²) < 4.78 is 0. The minimum Gasteiger partial charge on any atom is -0.352 e. The number of benzene rings is 2. The quantitative estimate of drug-likeness (QED) is 0.689. The van der Waals surface area contributed by atoms with Gasteiger partial charge in [0.1, 0.15) is 0 Å². The third kappa shape index (κ3) is 5.02.